The molecule has 0 bridgehead atoms. The fourth-order valence-corrected chi connectivity index (χ4v) is 2.73. The van der Waals surface area contributed by atoms with Crippen LogP contribution in [0.1, 0.15) is 35.5 Å². The Kier molecular flexibility index (Phi) is 7.59. The number of carbonyl (C=O) groups excluding carboxylic acids is 3. The van der Waals surface area contributed by atoms with Gasteiger partial charge in [-0.3, -0.25) is 14.4 Å². The van der Waals surface area contributed by atoms with E-state index in [0.717, 1.165) is 5.56 Å². The SMILES string of the molecule is CC(C)C(=O)Nc1ccc(CNC(=O)/C(=C/c2ccco2)NC(=O)c2ccccc2)cc1. The molecule has 0 aliphatic rings. The van der Waals surface area contributed by atoms with E-state index in [9.17, 15) is 14.4 Å². The van der Waals surface area contributed by atoms with Gasteiger partial charge in [0.25, 0.3) is 11.8 Å². The van der Waals surface area contributed by atoms with Crippen molar-refractivity contribution in [3.8, 4) is 0 Å². The number of nitrogens with one attached hydrogen (secondary N) is 3. The number of amides is 3. The van der Waals surface area contributed by atoms with E-state index in [1.54, 1.807) is 48.5 Å². The summed E-state index contributed by atoms with van der Waals surface area (Å²) in [6.07, 6.45) is 2.96. The summed E-state index contributed by atoms with van der Waals surface area (Å²) in [5.41, 5.74) is 2.03. The Hall–Kier alpha value is -4.13. The first-order valence-electron chi connectivity index (χ1n) is 10.2. The molecule has 3 rings (SSSR count). The molecule has 32 heavy (non-hydrogen) atoms. The van der Waals surface area contributed by atoms with Crippen molar-refractivity contribution >= 4 is 29.5 Å². The van der Waals surface area contributed by atoms with E-state index in [4.69, 9.17) is 4.42 Å². The summed E-state index contributed by atoms with van der Waals surface area (Å²) < 4.78 is 5.28. The third-order valence-electron chi connectivity index (χ3n) is 4.56. The van der Waals surface area contributed by atoms with Gasteiger partial charge in [-0.25, -0.2) is 0 Å². The van der Waals surface area contributed by atoms with Crippen molar-refractivity contribution in [2.45, 2.75) is 20.4 Å². The molecule has 3 N–H and O–H groups in total. The summed E-state index contributed by atoms with van der Waals surface area (Å²) in [5, 5.41) is 8.27. The fraction of sp³-hybridized carbons (Fsp3) is 0.160. The van der Waals surface area contributed by atoms with Crippen LogP contribution in [0, 0.1) is 5.92 Å². The van der Waals surface area contributed by atoms with E-state index in [1.165, 1.54) is 12.3 Å². The summed E-state index contributed by atoms with van der Waals surface area (Å²) in [4.78, 5) is 37.1. The molecule has 2 aromatic carbocycles. The van der Waals surface area contributed by atoms with Crippen molar-refractivity contribution in [1.29, 1.82) is 0 Å². The number of anilines is 1. The molecule has 0 saturated heterocycles. The topological polar surface area (TPSA) is 100 Å². The molecule has 0 fully saturated rings. The second-order valence-electron chi connectivity index (χ2n) is 7.42. The van der Waals surface area contributed by atoms with Crippen LogP contribution in [0.25, 0.3) is 6.08 Å². The molecule has 1 heterocycles. The van der Waals surface area contributed by atoms with Crippen LogP contribution in [0.4, 0.5) is 5.69 Å². The lowest BCUT2D eigenvalue weighted by atomic mass is 10.1. The Morgan fingerprint density at radius 3 is 2.28 bits per heavy atom. The average molecular weight is 431 g/mol. The van der Waals surface area contributed by atoms with Gasteiger partial charge in [-0.2, -0.15) is 0 Å². The Labute approximate surface area is 186 Å². The van der Waals surface area contributed by atoms with Crippen LogP contribution >= 0.6 is 0 Å². The number of carbonyl (C=O) groups is 3. The molecule has 0 spiro atoms. The van der Waals surface area contributed by atoms with Crippen LogP contribution in [-0.2, 0) is 16.1 Å². The predicted molar refractivity (Wildman–Crippen MR) is 122 cm³/mol. The van der Waals surface area contributed by atoms with Crippen molar-refractivity contribution < 1.29 is 18.8 Å². The molecule has 3 aromatic rings. The first-order valence-corrected chi connectivity index (χ1v) is 10.2. The minimum Gasteiger partial charge on any atom is -0.465 e. The van der Waals surface area contributed by atoms with Crippen LogP contribution < -0.4 is 16.0 Å². The third-order valence-corrected chi connectivity index (χ3v) is 4.56. The first-order chi connectivity index (χ1) is 15.4. The van der Waals surface area contributed by atoms with Gasteiger partial charge in [0, 0.05) is 29.8 Å². The molecule has 7 heteroatoms. The highest BCUT2D eigenvalue weighted by Gasteiger charge is 2.15. The second kappa shape index (κ2) is 10.8. The smallest absolute Gasteiger partial charge is 0.268 e. The molecule has 1 aromatic heterocycles. The highest BCUT2D eigenvalue weighted by molar-refractivity contribution is 6.05. The van der Waals surface area contributed by atoms with Gasteiger partial charge in [0.1, 0.15) is 11.5 Å². The maximum atomic E-state index is 12.8. The van der Waals surface area contributed by atoms with Gasteiger partial charge in [-0.05, 0) is 42.0 Å². The quantitative estimate of drug-likeness (QED) is 0.470. The molecular formula is C25H25N3O4. The van der Waals surface area contributed by atoms with E-state index in [-0.39, 0.29) is 24.1 Å². The van der Waals surface area contributed by atoms with Gasteiger partial charge in [0.05, 0.1) is 6.26 Å². The number of furan rings is 1. The van der Waals surface area contributed by atoms with E-state index >= 15 is 0 Å². The van der Waals surface area contributed by atoms with Crippen molar-refractivity contribution in [1.82, 2.24) is 10.6 Å². The molecule has 0 atom stereocenters. The Morgan fingerprint density at radius 2 is 1.66 bits per heavy atom. The van der Waals surface area contributed by atoms with Crippen molar-refractivity contribution in [3.05, 3.63) is 95.6 Å². The molecule has 0 aliphatic carbocycles. The summed E-state index contributed by atoms with van der Waals surface area (Å²) in [5.74, 6) is -0.590. The largest absolute Gasteiger partial charge is 0.465 e. The molecule has 164 valence electrons. The van der Waals surface area contributed by atoms with Gasteiger partial charge in [-0.15, -0.1) is 0 Å². The van der Waals surface area contributed by atoms with E-state index < -0.39 is 11.8 Å². The first kappa shape index (κ1) is 22.6. The highest BCUT2D eigenvalue weighted by Crippen LogP contribution is 2.12. The molecule has 0 aliphatic heterocycles. The number of rotatable bonds is 8. The molecule has 0 unspecified atom stereocenters. The van der Waals surface area contributed by atoms with E-state index in [1.807, 2.05) is 32.0 Å². The number of hydrogen-bond donors (Lipinski definition) is 3. The maximum absolute atomic E-state index is 12.8. The van der Waals surface area contributed by atoms with Gasteiger partial charge in [-0.1, -0.05) is 44.2 Å². The normalized spacial score (nSPS) is 11.2. The van der Waals surface area contributed by atoms with Crippen LogP contribution in [0.2, 0.25) is 0 Å². The minimum absolute atomic E-state index is 0.0621. The summed E-state index contributed by atoms with van der Waals surface area (Å²) >= 11 is 0. The number of hydrogen-bond acceptors (Lipinski definition) is 4. The lowest BCUT2D eigenvalue weighted by Crippen LogP contribution is -2.34. The Balaban J connectivity index is 1.66. The zero-order chi connectivity index (χ0) is 22.9. The lowest BCUT2D eigenvalue weighted by Gasteiger charge is -2.12. The fourth-order valence-electron chi connectivity index (χ4n) is 2.73. The zero-order valence-corrected chi connectivity index (χ0v) is 17.9. The zero-order valence-electron chi connectivity index (χ0n) is 17.9. The van der Waals surface area contributed by atoms with Crippen LogP contribution in [0.5, 0.6) is 0 Å². The summed E-state index contributed by atoms with van der Waals surface area (Å²) in [7, 11) is 0. The second-order valence-corrected chi connectivity index (χ2v) is 7.42. The lowest BCUT2D eigenvalue weighted by molar-refractivity contribution is -0.119. The van der Waals surface area contributed by atoms with Crippen molar-refractivity contribution in [3.63, 3.8) is 0 Å². The van der Waals surface area contributed by atoms with Crippen LogP contribution in [-0.4, -0.2) is 17.7 Å². The molecular weight excluding hydrogens is 406 g/mol. The molecule has 0 saturated carbocycles. The maximum Gasteiger partial charge on any atom is 0.268 e. The van der Waals surface area contributed by atoms with Crippen molar-refractivity contribution in [2.75, 3.05) is 5.32 Å². The van der Waals surface area contributed by atoms with Gasteiger partial charge >= 0.3 is 0 Å². The highest BCUT2D eigenvalue weighted by atomic mass is 16.3. The number of benzene rings is 2. The average Bonchev–Trinajstić information content (AvgIpc) is 3.31. The minimum atomic E-state index is -0.456. The summed E-state index contributed by atoms with van der Waals surface area (Å²) in [6, 6.07) is 19.2. The van der Waals surface area contributed by atoms with Gasteiger partial charge in [0.15, 0.2) is 0 Å². The van der Waals surface area contributed by atoms with Crippen molar-refractivity contribution in [2.24, 2.45) is 5.92 Å². The standard InChI is InChI=1S/C25H25N3O4/c1-17(2)23(29)27-20-12-10-18(11-13-20)16-26-25(31)22(15-21-9-6-14-32-21)28-24(30)19-7-4-3-5-8-19/h3-15,17H,16H2,1-2H3,(H,26,31)(H,27,29)(H,28,30)/b22-15-. The Bertz CT molecular complexity index is 1090. The molecule has 3 amide bonds. The molecule has 0 radical (unpaired) electrons. The third kappa shape index (κ3) is 6.43. The molecule has 7 nitrogen and oxygen atoms in total. The van der Waals surface area contributed by atoms with Crippen LogP contribution in [0.3, 0.4) is 0 Å². The summed E-state index contributed by atoms with van der Waals surface area (Å²) in [6.45, 7) is 3.89. The van der Waals surface area contributed by atoms with Gasteiger partial charge in [0.2, 0.25) is 5.91 Å². The van der Waals surface area contributed by atoms with E-state index in [0.29, 0.717) is 17.0 Å². The van der Waals surface area contributed by atoms with E-state index in [2.05, 4.69) is 16.0 Å². The van der Waals surface area contributed by atoms with Gasteiger partial charge < -0.3 is 20.4 Å². The predicted octanol–water partition coefficient (Wildman–Crippen LogP) is 3.96. The Morgan fingerprint density at radius 1 is 0.938 bits per heavy atom. The monoisotopic (exact) mass is 431 g/mol. The van der Waals surface area contributed by atoms with Crippen LogP contribution in [0.15, 0.2) is 83.1 Å².